The third-order valence-corrected chi connectivity index (χ3v) is 3.92. The maximum absolute atomic E-state index is 12.9. The van der Waals surface area contributed by atoms with Gasteiger partial charge in [-0.05, 0) is 50.4 Å². The molecule has 1 heterocycles. The minimum atomic E-state index is -0.212. The molecule has 0 radical (unpaired) electrons. The summed E-state index contributed by atoms with van der Waals surface area (Å²) in [5.41, 5.74) is 7.18. The Labute approximate surface area is 120 Å². The molecule has 0 spiro atoms. The van der Waals surface area contributed by atoms with Crippen molar-refractivity contribution in [3.63, 3.8) is 0 Å². The van der Waals surface area contributed by atoms with Gasteiger partial charge in [-0.2, -0.15) is 0 Å². The molecule has 0 bridgehead atoms. The molecule has 2 atom stereocenters. The molecule has 112 valence electrons. The number of halogens is 1. The zero-order valence-corrected chi connectivity index (χ0v) is 12.2. The second kappa shape index (κ2) is 7.72. The van der Waals surface area contributed by atoms with Crippen LogP contribution < -0.4 is 5.73 Å². The zero-order chi connectivity index (χ0) is 14.4. The van der Waals surface area contributed by atoms with Gasteiger partial charge in [0, 0.05) is 25.7 Å². The first-order valence-electron chi connectivity index (χ1n) is 7.54. The lowest BCUT2D eigenvalue weighted by atomic mass is 10.0. The van der Waals surface area contributed by atoms with Gasteiger partial charge in [-0.1, -0.05) is 12.1 Å². The Morgan fingerprint density at radius 3 is 2.85 bits per heavy atom. The maximum Gasteiger partial charge on any atom is 0.123 e. The molecule has 2 rings (SSSR count). The van der Waals surface area contributed by atoms with E-state index in [4.69, 9.17) is 10.5 Å². The second-order valence-corrected chi connectivity index (χ2v) is 5.47. The molecule has 3 nitrogen and oxygen atoms in total. The summed E-state index contributed by atoms with van der Waals surface area (Å²) in [5, 5.41) is 0. The molecule has 0 saturated carbocycles. The molecule has 2 unspecified atom stereocenters. The van der Waals surface area contributed by atoms with Crippen LogP contribution in [0.2, 0.25) is 0 Å². The highest BCUT2D eigenvalue weighted by Crippen LogP contribution is 2.18. The quantitative estimate of drug-likeness (QED) is 0.870. The van der Waals surface area contributed by atoms with Crippen LogP contribution in [-0.4, -0.2) is 37.2 Å². The SMILES string of the molecule is CCOC1CCCN(CCC(N)c2ccc(F)cc2)C1. The summed E-state index contributed by atoms with van der Waals surface area (Å²) < 4.78 is 18.6. The van der Waals surface area contributed by atoms with E-state index in [-0.39, 0.29) is 11.9 Å². The minimum absolute atomic E-state index is 0.0249. The van der Waals surface area contributed by atoms with E-state index in [2.05, 4.69) is 4.90 Å². The summed E-state index contributed by atoms with van der Waals surface area (Å²) in [7, 11) is 0. The maximum atomic E-state index is 12.9. The standard InChI is InChI=1S/C16H25FN2O/c1-2-20-15-4-3-10-19(12-15)11-9-16(18)13-5-7-14(17)8-6-13/h5-8,15-16H,2-4,9-12,18H2,1H3. The van der Waals surface area contributed by atoms with Crippen molar-refractivity contribution in [2.45, 2.75) is 38.3 Å². The van der Waals surface area contributed by atoms with Crippen LogP contribution in [0.25, 0.3) is 0 Å². The fourth-order valence-corrected chi connectivity index (χ4v) is 2.79. The number of hydrogen-bond donors (Lipinski definition) is 1. The molecular formula is C16H25FN2O. The molecule has 1 aromatic carbocycles. The Balaban J connectivity index is 1.78. The molecule has 2 N–H and O–H groups in total. The highest BCUT2D eigenvalue weighted by Gasteiger charge is 2.20. The van der Waals surface area contributed by atoms with Crippen molar-refractivity contribution in [2.75, 3.05) is 26.2 Å². The van der Waals surface area contributed by atoms with Gasteiger partial charge in [0.1, 0.15) is 5.82 Å². The first-order valence-corrected chi connectivity index (χ1v) is 7.54. The molecule has 20 heavy (non-hydrogen) atoms. The second-order valence-electron chi connectivity index (χ2n) is 5.47. The van der Waals surface area contributed by atoms with E-state index < -0.39 is 0 Å². The van der Waals surface area contributed by atoms with E-state index >= 15 is 0 Å². The van der Waals surface area contributed by atoms with Gasteiger partial charge in [-0.3, -0.25) is 0 Å². The molecule has 1 fully saturated rings. The molecular weight excluding hydrogens is 255 g/mol. The molecule has 1 aromatic rings. The van der Waals surface area contributed by atoms with Gasteiger partial charge in [0.05, 0.1) is 6.10 Å². The first kappa shape index (κ1) is 15.4. The van der Waals surface area contributed by atoms with Crippen LogP contribution in [0.3, 0.4) is 0 Å². The van der Waals surface area contributed by atoms with Gasteiger partial charge < -0.3 is 15.4 Å². The van der Waals surface area contributed by atoms with Crippen LogP contribution in [0.4, 0.5) is 4.39 Å². The topological polar surface area (TPSA) is 38.5 Å². The summed E-state index contributed by atoms with van der Waals surface area (Å²) in [6.45, 7) is 5.93. The van der Waals surface area contributed by atoms with E-state index in [1.807, 2.05) is 6.92 Å². The smallest absolute Gasteiger partial charge is 0.123 e. The molecule has 0 aromatic heterocycles. The van der Waals surface area contributed by atoms with E-state index in [1.54, 1.807) is 12.1 Å². The van der Waals surface area contributed by atoms with E-state index in [9.17, 15) is 4.39 Å². The van der Waals surface area contributed by atoms with Crippen molar-refractivity contribution in [3.05, 3.63) is 35.6 Å². The largest absolute Gasteiger partial charge is 0.377 e. The monoisotopic (exact) mass is 280 g/mol. The zero-order valence-electron chi connectivity index (χ0n) is 12.2. The number of nitrogens with two attached hydrogens (primary N) is 1. The number of likely N-dealkylation sites (tertiary alicyclic amines) is 1. The van der Waals surface area contributed by atoms with Gasteiger partial charge in [0.25, 0.3) is 0 Å². The normalized spacial score (nSPS) is 21.9. The summed E-state index contributed by atoms with van der Waals surface area (Å²) in [5.74, 6) is -0.212. The summed E-state index contributed by atoms with van der Waals surface area (Å²) in [6, 6.07) is 6.48. The highest BCUT2D eigenvalue weighted by atomic mass is 19.1. The van der Waals surface area contributed by atoms with Crippen molar-refractivity contribution in [1.82, 2.24) is 4.90 Å². The van der Waals surface area contributed by atoms with Crippen LogP contribution in [-0.2, 0) is 4.74 Å². The molecule has 4 heteroatoms. The Kier molecular flexibility index (Phi) is 5.95. The molecule has 1 saturated heterocycles. The number of nitrogens with zero attached hydrogens (tertiary/aromatic N) is 1. The Morgan fingerprint density at radius 1 is 1.40 bits per heavy atom. The summed E-state index contributed by atoms with van der Waals surface area (Å²) in [4.78, 5) is 2.42. The van der Waals surface area contributed by atoms with Crippen LogP contribution in [0.5, 0.6) is 0 Å². The van der Waals surface area contributed by atoms with Crippen LogP contribution in [0.1, 0.15) is 37.8 Å². The van der Waals surface area contributed by atoms with E-state index in [1.165, 1.54) is 18.6 Å². The third kappa shape index (κ3) is 4.54. The van der Waals surface area contributed by atoms with Crippen molar-refractivity contribution < 1.29 is 9.13 Å². The lowest BCUT2D eigenvalue weighted by Gasteiger charge is -2.33. The van der Waals surface area contributed by atoms with Gasteiger partial charge >= 0.3 is 0 Å². The third-order valence-electron chi connectivity index (χ3n) is 3.92. The number of ether oxygens (including phenoxy) is 1. The van der Waals surface area contributed by atoms with E-state index in [0.717, 1.165) is 44.6 Å². The first-order chi connectivity index (χ1) is 9.69. The summed E-state index contributed by atoms with van der Waals surface area (Å²) >= 11 is 0. The lowest BCUT2D eigenvalue weighted by Crippen LogP contribution is -2.40. The number of piperidine rings is 1. The van der Waals surface area contributed by atoms with Crippen LogP contribution in [0, 0.1) is 5.82 Å². The fraction of sp³-hybridized carbons (Fsp3) is 0.625. The molecule has 1 aliphatic rings. The Bertz CT molecular complexity index is 394. The molecule has 0 amide bonds. The lowest BCUT2D eigenvalue weighted by molar-refractivity contribution is 0.00530. The average molecular weight is 280 g/mol. The van der Waals surface area contributed by atoms with Crippen molar-refractivity contribution >= 4 is 0 Å². The van der Waals surface area contributed by atoms with Crippen molar-refractivity contribution in [3.8, 4) is 0 Å². The highest BCUT2D eigenvalue weighted by molar-refractivity contribution is 5.19. The minimum Gasteiger partial charge on any atom is -0.377 e. The fourth-order valence-electron chi connectivity index (χ4n) is 2.79. The van der Waals surface area contributed by atoms with Crippen LogP contribution >= 0.6 is 0 Å². The predicted molar refractivity (Wildman–Crippen MR) is 79.0 cm³/mol. The Hall–Kier alpha value is -0.970. The number of hydrogen-bond acceptors (Lipinski definition) is 3. The van der Waals surface area contributed by atoms with Crippen molar-refractivity contribution in [2.24, 2.45) is 5.73 Å². The molecule has 1 aliphatic heterocycles. The number of rotatable bonds is 6. The Morgan fingerprint density at radius 2 is 2.15 bits per heavy atom. The van der Waals surface area contributed by atoms with Crippen molar-refractivity contribution in [1.29, 1.82) is 0 Å². The van der Waals surface area contributed by atoms with E-state index in [0.29, 0.717) is 6.10 Å². The number of benzene rings is 1. The predicted octanol–water partition coefficient (Wildman–Crippen LogP) is 2.72. The van der Waals surface area contributed by atoms with Gasteiger partial charge in [-0.15, -0.1) is 0 Å². The van der Waals surface area contributed by atoms with Crippen LogP contribution in [0.15, 0.2) is 24.3 Å². The van der Waals surface area contributed by atoms with Gasteiger partial charge in [0.15, 0.2) is 0 Å². The summed E-state index contributed by atoms with van der Waals surface area (Å²) in [6.07, 6.45) is 3.62. The van der Waals surface area contributed by atoms with Gasteiger partial charge in [-0.25, -0.2) is 4.39 Å². The van der Waals surface area contributed by atoms with Gasteiger partial charge in [0.2, 0.25) is 0 Å². The molecule has 0 aliphatic carbocycles. The average Bonchev–Trinajstić information content (AvgIpc) is 2.46.